The van der Waals surface area contributed by atoms with Crippen LogP contribution in [0.2, 0.25) is 5.02 Å². The molecule has 0 saturated heterocycles. The summed E-state index contributed by atoms with van der Waals surface area (Å²) in [6.07, 6.45) is 0. The molecule has 0 radical (unpaired) electrons. The van der Waals surface area contributed by atoms with E-state index in [-0.39, 0.29) is 5.92 Å². The number of nitrogens with zero attached hydrogens (tertiary/aromatic N) is 2. The summed E-state index contributed by atoms with van der Waals surface area (Å²) >= 11 is 5.95. The molecule has 3 nitrogen and oxygen atoms in total. The van der Waals surface area contributed by atoms with Crippen molar-refractivity contribution in [3.05, 3.63) is 29.0 Å². The summed E-state index contributed by atoms with van der Waals surface area (Å²) in [7, 11) is 0. The van der Waals surface area contributed by atoms with Crippen molar-refractivity contribution in [3.8, 4) is 6.07 Å². The first-order chi connectivity index (χ1) is 6.72. The van der Waals surface area contributed by atoms with Gasteiger partial charge in [-0.05, 0) is 19.1 Å². The molecule has 0 fully saturated rings. The van der Waals surface area contributed by atoms with Gasteiger partial charge in [0.1, 0.15) is 17.3 Å². The minimum Gasteiger partial charge on any atom is -0.341 e. The summed E-state index contributed by atoms with van der Waals surface area (Å²) in [6, 6.07) is 7.65. The summed E-state index contributed by atoms with van der Waals surface area (Å²) in [5.74, 6) is 0.425. The van der Waals surface area contributed by atoms with Crippen molar-refractivity contribution < 1.29 is 0 Å². The van der Waals surface area contributed by atoms with Gasteiger partial charge in [-0.1, -0.05) is 17.7 Å². The Balaban J connectivity index is 2.64. The number of aromatic nitrogens is 2. The van der Waals surface area contributed by atoms with Gasteiger partial charge in [0, 0.05) is 0 Å². The van der Waals surface area contributed by atoms with Gasteiger partial charge < -0.3 is 4.98 Å². The fourth-order valence-electron chi connectivity index (χ4n) is 1.28. The Bertz CT molecular complexity index is 510. The third kappa shape index (κ3) is 1.34. The van der Waals surface area contributed by atoms with E-state index in [4.69, 9.17) is 16.9 Å². The van der Waals surface area contributed by atoms with Gasteiger partial charge in [-0.15, -0.1) is 0 Å². The number of nitrogens with one attached hydrogen (secondary N) is 1. The third-order valence-corrected chi connectivity index (χ3v) is 2.39. The molecule has 0 aliphatic heterocycles. The molecular formula is C10H8ClN3. The molecule has 0 aliphatic carbocycles. The molecule has 14 heavy (non-hydrogen) atoms. The Morgan fingerprint density at radius 1 is 1.57 bits per heavy atom. The summed E-state index contributed by atoms with van der Waals surface area (Å²) in [4.78, 5) is 7.34. The molecule has 1 aromatic carbocycles. The van der Waals surface area contributed by atoms with Gasteiger partial charge in [-0.3, -0.25) is 0 Å². The topological polar surface area (TPSA) is 52.5 Å². The van der Waals surface area contributed by atoms with Crippen LogP contribution in [0.4, 0.5) is 0 Å². The van der Waals surface area contributed by atoms with E-state index in [9.17, 15) is 0 Å². The lowest BCUT2D eigenvalue weighted by atomic mass is 10.2. The number of nitriles is 1. The largest absolute Gasteiger partial charge is 0.341 e. The fraction of sp³-hybridized carbons (Fsp3) is 0.200. The van der Waals surface area contributed by atoms with Crippen LogP contribution in [0.1, 0.15) is 18.7 Å². The molecule has 0 spiro atoms. The van der Waals surface area contributed by atoms with Crippen LogP contribution in [-0.2, 0) is 0 Å². The Hall–Kier alpha value is -1.53. The highest BCUT2D eigenvalue weighted by atomic mass is 35.5. The molecule has 1 aromatic heterocycles. The van der Waals surface area contributed by atoms with Gasteiger partial charge in [0.2, 0.25) is 0 Å². The van der Waals surface area contributed by atoms with Crippen molar-refractivity contribution in [1.29, 1.82) is 5.26 Å². The Labute approximate surface area is 86.3 Å². The number of fused-ring (bicyclic) bond motifs is 1. The number of benzene rings is 1. The zero-order valence-electron chi connectivity index (χ0n) is 7.58. The van der Waals surface area contributed by atoms with Crippen LogP contribution in [0.5, 0.6) is 0 Å². The number of para-hydroxylation sites is 1. The van der Waals surface area contributed by atoms with Gasteiger partial charge >= 0.3 is 0 Å². The first-order valence-electron chi connectivity index (χ1n) is 4.26. The number of aromatic amines is 1. The number of imidazole rings is 1. The van der Waals surface area contributed by atoms with E-state index in [1.165, 1.54) is 0 Å². The minimum absolute atomic E-state index is 0.238. The molecule has 1 atom stereocenters. The molecule has 1 heterocycles. The van der Waals surface area contributed by atoms with Crippen molar-refractivity contribution in [2.24, 2.45) is 0 Å². The summed E-state index contributed by atoms with van der Waals surface area (Å²) in [5.41, 5.74) is 1.60. The first-order valence-corrected chi connectivity index (χ1v) is 4.64. The standard InChI is InChI=1S/C10H8ClN3/c1-6(5-12)10-13-8-4-2-3-7(11)9(8)14-10/h2-4,6H,1H3,(H,13,14). The third-order valence-electron chi connectivity index (χ3n) is 2.09. The van der Waals surface area contributed by atoms with Crippen molar-refractivity contribution >= 4 is 22.6 Å². The highest BCUT2D eigenvalue weighted by molar-refractivity contribution is 6.34. The number of hydrogen-bond acceptors (Lipinski definition) is 2. The van der Waals surface area contributed by atoms with Crippen molar-refractivity contribution in [3.63, 3.8) is 0 Å². The monoisotopic (exact) mass is 205 g/mol. The molecular weight excluding hydrogens is 198 g/mol. The van der Waals surface area contributed by atoms with E-state index >= 15 is 0 Å². The number of H-pyrrole nitrogens is 1. The highest BCUT2D eigenvalue weighted by Crippen LogP contribution is 2.23. The molecule has 0 bridgehead atoms. The van der Waals surface area contributed by atoms with Crippen molar-refractivity contribution in [2.45, 2.75) is 12.8 Å². The quantitative estimate of drug-likeness (QED) is 0.778. The van der Waals surface area contributed by atoms with E-state index < -0.39 is 0 Å². The van der Waals surface area contributed by atoms with Gasteiger partial charge in [0.15, 0.2) is 0 Å². The Morgan fingerprint density at radius 3 is 3.00 bits per heavy atom. The lowest BCUT2D eigenvalue weighted by Gasteiger charge is -1.92. The number of halogens is 1. The molecule has 4 heteroatoms. The van der Waals surface area contributed by atoms with Crippen LogP contribution in [0.3, 0.4) is 0 Å². The van der Waals surface area contributed by atoms with E-state index in [1.54, 1.807) is 13.0 Å². The maximum atomic E-state index is 8.74. The van der Waals surface area contributed by atoms with Gasteiger partial charge in [-0.2, -0.15) is 5.26 Å². The summed E-state index contributed by atoms with van der Waals surface area (Å²) in [5, 5.41) is 9.35. The Morgan fingerprint density at radius 2 is 2.36 bits per heavy atom. The lowest BCUT2D eigenvalue weighted by molar-refractivity contribution is 0.891. The van der Waals surface area contributed by atoms with Crippen LogP contribution in [0, 0.1) is 11.3 Å². The Kier molecular flexibility index (Phi) is 2.14. The normalized spacial score (nSPS) is 12.6. The van der Waals surface area contributed by atoms with E-state index in [0.717, 1.165) is 11.0 Å². The van der Waals surface area contributed by atoms with Crippen LogP contribution < -0.4 is 0 Å². The lowest BCUT2D eigenvalue weighted by Crippen LogP contribution is -1.91. The molecule has 70 valence electrons. The van der Waals surface area contributed by atoms with Gasteiger partial charge in [0.25, 0.3) is 0 Å². The predicted octanol–water partition coefficient (Wildman–Crippen LogP) is 2.84. The van der Waals surface area contributed by atoms with Gasteiger partial charge in [0.05, 0.1) is 16.6 Å². The number of rotatable bonds is 1. The molecule has 0 saturated carbocycles. The second-order valence-electron chi connectivity index (χ2n) is 3.11. The predicted molar refractivity (Wildman–Crippen MR) is 55.1 cm³/mol. The zero-order chi connectivity index (χ0) is 10.1. The van der Waals surface area contributed by atoms with Crippen LogP contribution in [0.25, 0.3) is 11.0 Å². The minimum atomic E-state index is -0.238. The molecule has 0 amide bonds. The summed E-state index contributed by atoms with van der Waals surface area (Å²) in [6.45, 7) is 1.80. The maximum absolute atomic E-state index is 8.74. The molecule has 1 N–H and O–H groups in total. The smallest absolute Gasteiger partial charge is 0.124 e. The first kappa shape index (κ1) is 9.04. The molecule has 2 aromatic rings. The fourth-order valence-corrected chi connectivity index (χ4v) is 1.50. The second-order valence-corrected chi connectivity index (χ2v) is 3.52. The SMILES string of the molecule is CC(C#N)c1nc2c(Cl)cccc2[nH]1. The van der Waals surface area contributed by atoms with E-state index in [0.29, 0.717) is 10.8 Å². The van der Waals surface area contributed by atoms with Crippen molar-refractivity contribution in [1.82, 2.24) is 9.97 Å². The molecule has 1 unspecified atom stereocenters. The average molecular weight is 206 g/mol. The van der Waals surface area contributed by atoms with Crippen LogP contribution >= 0.6 is 11.6 Å². The van der Waals surface area contributed by atoms with Gasteiger partial charge in [-0.25, -0.2) is 4.98 Å². The van der Waals surface area contributed by atoms with Crippen molar-refractivity contribution in [2.75, 3.05) is 0 Å². The molecule has 0 aliphatic rings. The van der Waals surface area contributed by atoms with Crippen LogP contribution in [-0.4, -0.2) is 9.97 Å². The second kappa shape index (κ2) is 3.32. The summed E-state index contributed by atoms with van der Waals surface area (Å²) < 4.78 is 0. The van der Waals surface area contributed by atoms with Crippen LogP contribution in [0.15, 0.2) is 18.2 Å². The van der Waals surface area contributed by atoms with E-state index in [1.807, 2.05) is 12.1 Å². The zero-order valence-corrected chi connectivity index (χ0v) is 8.34. The number of hydrogen-bond donors (Lipinski definition) is 1. The van der Waals surface area contributed by atoms with E-state index in [2.05, 4.69) is 16.0 Å². The molecule has 2 rings (SSSR count). The average Bonchev–Trinajstić information content (AvgIpc) is 2.62. The maximum Gasteiger partial charge on any atom is 0.124 e. The highest BCUT2D eigenvalue weighted by Gasteiger charge is 2.10.